The van der Waals surface area contributed by atoms with Crippen molar-refractivity contribution in [2.24, 2.45) is 0 Å². The van der Waals surface area contributed by atoms with Gasteiger partial charge in [0, 0.05) is 32.7 Å². The van der Waals surface area contributed by atoms with Crippen LogP contribution in [0.2, 0.25) is 0 Å². The molecule has 1 heterocycles. The van der Waals surface area contributed by atoms with Gasteiger partial charge < -0.3 is 5.32 Å². The van der Waals surface area contributed by atoms with Crippen molar-refractivity contribution in [2.75, 3.05) is 39.3 Å². The number of carbonyl (C=O) groups is 1. The minimum Gasteiger partial charge on any atom is -0.355 e. The molecule has 1 N–H and O–H groups in total. The SMILES string of the molecule is CC(C)c1ccc(S(=O)(=O)N2CCN(CC(=O)NCCCc3ccccc3)CC2)cc1. The van der Waals surface area contributed by atoms with E-state index in [-0.39, 0.29) is 5.91 Å². The third kappa shape index (κ3) is 6.63. The predicted molar refractivity (Wildman–Crippen MR) is 124 cm³/mol. The molecule has 3 rings (SSSR count). The van der Waals surface area contributed by atoms with Crippen LogP contribution in [0.25, 0.3) is 0 Å². The molecule has 0 aromatic heterocycles. The Hall–Kier alpha value is -2.22. The van der Waals surface area contributed by atoms with Crippen molar-refractivity contribution < 1.29 is 13.2 Å². The standard InChI is InChI=1S/C24H33N3O3S/c1-20(2)22-10-12-23(13-11-22)31(29,30)27-17-15-26(16-18-27)19-24(28)25-14-6-9-21-7-4-3-5-8-21/h3-5,7-8,10-13,20H,6,9,14-19H2,1-2H3,(H,25,28). The molecule has 7 heteroatoms. The van der Waals surface area contributed by atoms with Gasteiger partial charge in [0.15, 0.2) is 0 Å². The summed E-state index contributed by atoms with van der Waals surface area (Å²) in [5.41, 5.74) is 2.39. The van der Waals surface area contributed by atoms with Crippen molar-refractivity contribution in [1.29, 1.82) is 0 Å². The molecule has 0 bridgehead atoms. The number of rotatable bonds is 9. The lowest BCUT2D eigenvalue weighted by molar-refractivity contribution is -0.122. The number of nitrogens with zero attached hydrogens (tertiary/aromatic N) is 2. The Labute approximate surface area is 186 Å². The second-order valence-corrected chi connectivity index (χ2v) is 10.3. The number of amides is 1. The lowest BCUT2D eigenvalue weighted by atomic mass is 10.0. The first kappa shape index (κ1) is 23.4. The summed E-state index contributed by atoms with van der Waals surface area (Å²) >= 11 is 0. The maximum atomic E-state index is 12.9. The maximum Gasteiger partial charge on any atom is 0.243 e. The molecule has 1 amide bonds. The normalized spacial score (nSPS) is 15.8. The van der Waals surface area contributed by atoms with E-state index in [4.69, 9.17) is 0 Å². The van der Waals surface area contributed by atoms with Crippen LogP contribution in [0.15, 0.2) is 59.5 Å². The quantitative estimate of drug-likeness (QED) is 0.605. The van der Waals surface area contributed by atoms with Gasteiger partial charge in [0.25, 0.3) is 0 Å². The molecule has 1 saturated heterocycles. The number of hydrogen-bond acceptors (Lipinski definition) is 4. The largest absolute Gasteiger partial charge is 0.355 e. The fourth-order valence-electron chi connectivity index (χ4n) is 3.73. The van der Waals surface area contributed by atoms with Crippen molar-refractivity contribution in [3.8, 4) is 0 Å². The number of aryl methyl sites for hydroxylation is 1. The first-order valence-electron chi connectivity index (χ1n) is 11.0. The van der Waals surface area contributed by atoms with E-state index in [2.05, 4.69) is 31.3 Å². The van der Waals surface area contributed by atoms with Crippen molar-refractivity contribution >= 4 is 15.9 Å². The van der Waals surface area contributed by atoms with Crippen LogP contribution in [0.5, 0.6) is 0 Å². The van der Waals surface area contributed by atoms with E-state index in [1.54, 1.807) is 12.1 Å². The van der Waals surface area contributed by atoms with Gasteiger partial charge in [-0.15, -0.1) is 0 Å². The zero-order chi connectivity index (χ0) is 22.3. The summed E-state index contributed by atoms with van der Waals surface area (Å²) in [6, 6.07) is 17.4. The molecule has 0 radical (unpaired) electrons. The van der Waals surface area contributed by atoms with Crippen LogP contribution in [-0.2, 0) is 21.2 Å². The topological polar surface area (TPSA) is 69.7 Å². The van der Waals surface area contributed by atoms with E-state index < -0.39 is 10.0 Å². The predicted octanol–water partition coefficient (Wildman–Crippen LogP) is 2.87. The van der Waals surface area contributed by atoms with Crippen LogP contribution in [-0.4, -0.2) is 62.8 Å². The smallest absolute Gasteiger partial charge is 0.243 e. The summed E-state index contributed by atoms with van der Waals surface area (Å²) in [5, 5.41) is 2.97. The van der Waals surface area contributed by atoms with Crippen LogP contribution in [0.3, 0.4) is 0 Å². The van der Waals surface area contributed by atoms with Gasteiger partial charge in [-0.1, -0.05) is 56.3 Å². The average Bonchev–Trinajstić information content (AvgIpc) is 2.78. The van der Waals surface area contributed by atoms with E-state index in [1.807, 2.05) is 35.2 Å². The monoisotopic (exact) mass is 443 g/mol. The number of nitrogens with one attached hydrogen (secondary N) is 1. The lowest BCUT2D eigenvalue weighted by Gasteiger charge is -2.33. The van der Waals surface area contributed by atoms with E-state index in [0.29, 0.717) is 50.1 Å². The third-order valence-electron chi connectivity index (χ3n) is 5.69. The van der Waals surface area contributed by atoms with Crippen molar-refractivity contribution in [1.82, 2.24) is 14.5 Å². The van der Waals surface area contributed by atoms with E-state index in [9.17, 15) is 13.2 Å². The molecule has 0 aliphatic carbocycles. The molecular weight excluding hydrogens is 410 g/mol. The molecule has 0 atom stereocenters. The van der Waals surface area contributed by atoms with Crippen LogP contribution in [0, 0.1) is 0 Å². The molecule has 1 aliphatic heterocycles. The molecule has 2 aromatic rings. The highest BCUT2D eigenvalue weighted by molar-refractivity contribution is 7.89. The Morgan fingerprint density at radius 2 is 1.61 bits per heavy atom. The zero-order valence-corrected chi connectivity index (χ0v) is 19.3. The first-order chi connectivity index (χ1) is 14.9. The van der Waals surface area contributed by atoms with Crippen LogP contribution >= 0.6 is 0 Å². The Bertz CT molecular complexity index is 936. The number of piperazine rings is 1. The van der Waals surface area contributed by atoms with Gasteiger partial charge in [-0.25, -0.2) is 8.42 Å². The van der Waals surface area contributed by atoms with Gasteiger partial charge in [-0.3, -0.25) is 9.69 Å². The van der Waals surface area contributed by atoms with Crippen LogP contribution < -0.4 is 5.32 Å². The van der Waals surface area contributed by atoms with Crippen LogP contribution in [0.4, 0.5) is 0 Å². The Morgan fingerprint density at radius 1 is 0.968 bits per heavy atom. The Kier molecular flexibility index (Phi) is 8.23. The number of carbonyl (C=O) groups excluding carboxylic acids is 1. The summed E-state index contributed by atoms with van der Waals surface area (Å²) in [5.74, 6) is 0.360. The van der Waals surface area contributed by atoms with Gasteiger partial charge in [0.05, 0.1) is 11.4 Å². The lowest BCUT2D eigenvalue weighted by Crippen LogP contribution is -2.51. The minimum atomic E-state index is -3.49. The Balaban J connectivity index is 1.40. The second-order valence-electron chi connectivity index (χ2n) is 8.34. The van der Waals surface area contributed by atoms with E-state index in [0.717, 1.165) is 18.4 Å². The molecule has 1 fully saturated rings. The molecule has 0 saturated carbocycles. The molecule has 0 spiro atoms. The molecule has 6 nitrogen and oxygen atoms in total. The zero-order valence-electron chi connectivity index (χ0n) is 18.5. The molecular formula is C24H33N3O3S. The van der Waals surface area contributed by atoms with Crippen molar-refractivity contribution in [3.63, 3.8) is 0 Å². The van der Waals surface area contributed by atoms with Gasteiger partial charge in [-0.05, 0) is 42.0 Å². The molecule has 2 aromatic carbocycles. The summed E-state index contributed by atoms with van der Waals surface area (Å²) in [7, 11) is -3.49. The highest BCUT2D eigenvalue weighted by Gasteiger charge is 2.29. The summed E-state index contributed by atoms with van der Waals surface area (Å²) in [6.45, 7) is 7.04. The van der Waals surface area contributed by atoms with E-state index in [1.165, 1.54) is 9.87 Å². The highest BCUT2D eigenvalue weighted by atomic mass is 32.2. The Morgan fingerprint density at radius 3 is 2.23 bits per heavy atom. The third-order valence-corrected chi connectivity index (χ3v) is 7.60. The van der Waals surface area contributed by atoms with Crippen molar-refractivity contribution in [3.05, 3.63) is 65.7 Å². The summed E-state index contributed by atoms with van der Waals surface area (Å²) in [6.07, 6.45) is 1.84. The van der Waals surface area contributed by atoms with Gasteiger partial charge in [-0.2, -0.15) is 4.31 Å². The van der Waals surface area contributed by atoms with E-state index >= 15 is 0 Å². The average molecular weight is 444 g/mol. The fourth-order valence-corrected chi connectivity index (χ4v) is 5.15. The number of sulfonamides is 1. The molecule has 1 aliphatic rings. The first-order valence-corrected chi connectivity index (χ1v) is 12.4. The maximum absolute atomic E-state index is 12.9. The number of hydrogen-bond donors (Lipinski definition) is 1. The molecule has 168 valence electrons. The summed E-state index contributed by atoms with van der Waals surface area (Å²) < 4.78 is 27.4. The van der Waals surface area contributed by atoms with Gasteiger partial charge in [0.1, 0.15) is 0 Å². The molecule has 0 unspecified atom stereocenters. The minimum absolute atomic E-state index is 0.00589. The highest BCUT2D eigenvalue weighted by Crippen LogP contribution is 2.21. The van der Waals surface area contributed by atoms with Crippen molar-refractivity contribution in [2.45, 2.75) is 37.5 Å². The second kappa shape index (κ2) is 10.9. The summed E-state index contributed by atoms with van der Waals surface area (Å²) in [4.78, 5) is 14.6. The van der Waals surface area contributed by atoms with Crippen LogP contribution in [0.1, 0.15) is 37.3 Å². The molecule has 31 heavy (non-hydrogen) atoms. The number of benzene rings is 2. The fraction of sp³-hybridized carbons (Fsp3) is 0.458. The van der Waals surface area contributed by atoms with Gasteiger partial charge in [0.2, 0.25) is 15.9 Å². The van der Waals surface area contributed by atoms with Gasteiger partial charge >= 0.3 is 0 Å².